The third kappa shape index (κ3) is 5.22. The van der Waals surface area contributed by atoms with Crippen molar-refractivity contribution in [3.05, 3.63) is 29.8 Å². The zero-order valence-corrected chi connectivity index (χ0v) is 19.7. The average molecular weight is 437 g/mol. The molecule has 6 nitrogen and oxygen atoms in total. The third-order valence-electron chi connectivity index (χ3n) is 7.08. The lowest BCUT2D eigenvalue weighted by atomic mass is 9.99. The molecule has 1 aromatic heterocycles. The van der Waals surface area contributed by atoms with E-state index in [2.05, 4.69) is 37.1 Å². The summed E-state index contributed by atoms with van der Waals surface area (Å²) < 4.78 is 0. The molecule has 0 radical (unpaired) electrons. The minimum absolute atomic E-state index is 0.0885. The number of carbonyl (C=O) groups is 2. The van der Waals surface area contributed by atoms with Crippen molar-refractivity contribution in [2.75, 3.05) is 29.9 Å². The molecule has 0 aliphatic carbocycles. The molecule has 0 saturated carbocycles. The second-order valence-corrected chi connectivity index (χ2v) is 9.68. The van der Waals surface area contributed by atoms with Crippen molar-refractivity contribution in [2.45, 2.75) is 71.8 Å². The van der Waals surface area contributed by atoms with Crippen molar-refractivity contribution in [3.8, 4) is 0 Å². The van der Waals surface area contributed by atoms with E-state index in [4.69, 9.17) is 4.98 Å². The Balaban J connectivity index is 1.38. The Bertz CT molecular complexity index is 981. The number of nitrogens with zero attached hydrogens (tertiary/aromatic N) is 3. The van der Waals surface area contributed by atoms with Gasteiger partial charge < -0.3 is 15.1 Å². The Morgan fingerprint density at radius 1 is 1.03 bits per heavy atom. The molecular formula is C26H36N4O2. The first-order chi connectivity index (χ1) is 15.4. The van der Waals surface area contributed by atoms with Crippen LogP contribution in [-0.4, -0.2) is 47.4 Å². The van der Waals surface area contributed by atoms with E-state index in [0.717, 1.165) is 66.4 Å². The fourth-order valence-corrected chi connectivity index (χ4v) is 4.91. The summed E-state index contributed by atoms with van der Waals surface area (Å²) in [4.78, 5) is 34.2. The van der Waals surface area contributed by atoms with E-state index < -0.39 is 0 Å². The first-order valence-corrected chi connectivity index (χ1v) is 12.2. The summed E-state index contributed by atoms with van der Waals surface area (Å²) in [6, 6.07) is 8.32. The van der Waals surface area contributed by atoms with Crippen molar-refractivity contribution in [2.24, 2.45) is 5.92 Å². The number of fused-ring (bicyclic) bond motifs is 1. The van der Waals surface area contributed by atoms with Crippen LogP contribution in [0.1, 0.15) is 64.4 Å². The lowest BCUT2D eigenvalue weighted by Gasteiger charge is -2.33. The van der Waals surface area contributed by atoms with Gasteiger partial charge in [-0.25, -0.2) is 4.98 Å². The van der Waals surface area contributed by atoms with Crippen molar-refractivity contribution >= 4 is 34.2 Å². The summed E-state index contributed by atoms with van der Waals surface area (Å²) in [5.41, 5.74) is 2.87. The molecule has 2 amide bonds. The molecule has 2 aliphatic heterocycles. The van der Waals surface area contributed by atoms with Gasteiger partial charge in [-0.3, -0.25) is 9.59 Å². The molecule has 3 heterocycles. The number of aromatic nitrogens is 1. The topological polar surface area (TPSA) is 65.5 Å². The van der Waals surface area contributed by atoms with Crippen molar-refractivity contribution in [1.82, 2.24) is 9.88 Å². The standard InChI is InChI=1S/C26H36N4O2/c1-18-11-14-29(15-12-18)24-16-19(2)22-17-21(7-8-23(22)28-24)27-25(31)9-10-26(32)30-13-5-4-6-20(30)3/h7-8,16-18,20H,4-6,9-15H2,1-3H3,(H,27,31)/t20-/m1/s1. The number of likely N-dealkylation sites (tertiary alicyclic amines) is 1. The van der Waals surface area contributed by atoms with E-state index in [0.29, 0.717) is 0 Å². The molecule has 32 heavy (non-hydrogen) atoms. The fourth-order valence-electron chi connectivity index (χ4n) is 4.91. The average Bonchev–Trinajstić information content (AvgIpc) is 2.78. The van der Waals surface area contributed by atoms with Gasteiger partial charge in [-0.2, -0.15) is 0 Å². The summed E-state index contributed by atoms with van der Waals surface area (Å²) in [5.74, 6) is 1.80. The summed E-state index contributed by atoms with van der Waals surface area (Å²) >= 11 is 0. The van der Waals surface area contributed by atoms with Crippen molar-refractivity contribution < 1.29 is 9.59 Å². The number of piperidine rings is 2. The number of aryl methyl sites for hydroxylation is 1. The predicted molar refractivity (Wildman–Crippen MR) is 130 cm³/mol. The Morgan fingerprint density at radius 3 is 2.56 bits per heavy atom. The van der Waals surface area contributed by atoms with E-state index in [9.17, 15) is 9.59 Å². The van der Waals surface area contributed by atoms with Gasteiger partial charge in [0.15, 0.2) is 0 Å². The highest BCUT2D eigenvalue weighted by Gasteiger charge is 2.23. The molecule has 0 bridgehead atoms. The summed E-state index contributed by atoms with van der Waals surface area (Å²) in [6.45, 7) is 9.45. The molecule has 1 N–H and O–H groups in total. The van der Waals surface area contributed by atoms with Gasteiger partial charge in [-0.15, -0.1) is 0 Å². The number of hydrogen-bond donors (Lipinski definition) is 1. The largest absolute Gasteiger partial charge is 0.357 e. The van der Waals surface area contributed by atoms with Crippen LogP contribution in [0.5, 0.6) is 0 Å². The zero-order valence-electron chi connectivity index (χ0n) is 19.7. The molecule has 1 aromatic carbocycles. The predicted octanol–water partition coefficient (Wildman–Crippen LogP) is 4.90. The van der Waals surface area contributed by atoms with E-state index >= 15 is 0 Å². The maximum Gasteiger partial charge on any atom is 0.224 e. The molecule has 2 aliphatic rings. The third-order valence-corrected chi connectivity index (χ3v) is 7.08. The SMILES string of the molecule is Cc1cc(N2CCC(C)CC2)nc2ccc(NC(=O)CCC(=O)N3CCCC[C@H]3C)cc12. The number of benzene rings is 1. The molecule has 2 fully saturated rings. The van der Waals surface area contributed by atoms with Gasteiger partial charge in [0.25, 0.3) is 0 Å². The Morgan fingerprint density at radius 2 is 1.81 bits per heavy atom. The van der Waals surface area contributed by atoms with Crippen LogP contribution in [0.15, 0.2) is 24.3 Å². The number of amides is 2. The Hall–Kier alpha value is -2.63. The van der Waals surface area contributed by atoms with Crippen molar-refractivity contribution in [3.63, 3.8) is 0 Å². The summed E-state index contributed by atoms with van der Waals surface area (Å²) in [6.07, 6.45) is 6.20. The highest BCUT2D eigenvalue weighted by atomic mass is 16.2. The van der Waals surface area contributed by atoms with Gasteiger partial charge in [0.2, 0.25) is 11.8 Å². The molecule has 172 valence electrons. The van der Waals surface area contributed by atoms with Gasteiger partial charge >= 0.3 is 0 Å². The smallest absolute Gasteiger partial charge is 0.224 e. The number of hydrogen-bond acceptors (Lipinski definition) is 4. The molecule has 2 saturated heterocycles. The maximum atomic E-state index is 12.5. The molecule has 0 unspecified atom stereocenters. The monoisotopic (exact) mass is 436 g/mol. The molecular weight excluding hydrogens is 400 g/mol. The highest BCUT2D eigenvalue weighted by molar-refractivity contribution is 5.96. The van der Waals surface area contributed by atoms with Gasteiger partial charge in [0.1, 0.15) is 5.82 Å². The fraction of sp³-hybridized carbons (Fsp3) is 0.577. The molecule has 6 heteroatoms. The molecule has 2 aromatic rings. The van der Waals surface area contributed by atoms with E-state index in [1.54, 1.807) is 0 Å². The van der Waals surface area contributed by atoms with Crippen LogP contribution < -0.4 is 10.2 Å². The minimum atomic E-state index is -0.118. The van der Waals surface area contributed by atoms with Crippen LogP contribution in [-0.2, 0) is 9.59 Å². The van der Waals surface area contributed by atoms with E-state index in [-0.39, 0.29) is 30.7 Å². The van der Waals surface area contributed by atoms with Crippen LogP contribution in [0.3, 0.4) is 0 Å². The lowest BCUT2D eigenvalue weighted by molar-refractivity contribution is -0.135. The number of anilines is 2. The van der Waals surface area contributed by atoms with Crippen LogP contribution in [0.2, 0.25) is 0 Å². The first-order valence-electron chi connectivity index (χ1n) is 12.2. The maximum absolute atomic E-state index is 12.5. The number of nitrogens with one attached hydrogen (secondary N) is 1. The molecule has 1 atom stereocenters. The lowest BCUT2D eigenvalue weighted by Crippen LogP contribution is -2.42. The number of carbonyl (C=O) groups excluding carboxylic acids is 2. The van der Waals surface area contributed by atoms with Gasteiger partial charge in [0, 0.05) is 49.6 Å². The Kier molecular flexibility index (Phi) is 6.97. The normalized spacial score (nSPS) is 19.9. The first kappa shape index (κ1) is 22.6. The van der Waals surface area contributed by atoms with Gasteiger partial charge in [0.05, 0.1) is 5.52 Å². The second kappa shape index (κ2) is 9.88. The quantitative estimate of drug-likeness (QED) is 0.724. The van der Waals surface area contributed by atoms with Gasteiger partial charge in [-0.05, 0) is 81.7 Å². The molecule has 4 rings (SSSR count). The minimum Gasteiger partial charge on any atom is -0.357 e. The highest BCUT2D eigenvalue weighted by Crippen LogP contribution is 2.28. The summed E-state index contributed by atoms with van der Waals surface area (Å²) in [7, 11) is 0. The van der Waals surface area contributed by atoms with E-state index in [1.807, 2.05) is 23.1 Å². The van der Waals surface area contributed by atoms with Crippen LogP contribution >= 0.6 is 0 Å². The summed E-state index contributed by atoms with van der Waals surface area (Å²) in [5, 5.41) is 4.02. The second-order valence-electron chi connectivity index (χ2n) is 9.68. The van der Waals surface area contributed by atoms with Gasteiger partial charge in [-0.1, -0.05) is 6.92 Å². The van der Waals surface area contributed by atoms with Crippen LogP contribution in [0.25, 0.3) is 10.9 Å². The number of rotatable bonds is 5. The number of pyridine rings is 1. The van der Waals surface area contributed by atoms with Crippen LogP contribution in [0.4, 0.5) is 11.5 Å². The van der Waals surface area contributed by atoms with E-state index in [1.165, 1.54) is 19.3 Å². The Labute approximate surface area is 191 Å². The molecule has 0 spiro atoms. The van der Waals surface area contributed by atoms with Crippen molar-refractivity contribution in [1.29, 1.82) is 0 Å². The zero-order chi connectivity index (χ0) is 22.7. The van der Waals surface area contributed by atoms with Crippen LogP contribution in [0, 0.1) is 12.8 Å².